The molecule has 0 bridgehead atoms. The molecular weight excluding hydrogens is 383 g/mol. The number of halogens is 2. The summed E-state index contributed by atoms with van der Waals surface area (Å²) in [6, 6.07) is 13.0. The summed E-state index contributed by atoms with van der Waals surface area (Å²) in [5.41, 5.74) is 1.02. The number of aromatic nitrogens is 2. The first-order chi connectivity index (χ1) is 12.2. The van der Waals surface area contributed by atoms with E-state index in [0.717, 1.165) is 5.56 Å². The monoisotopic (exact) mass is 394 g/mol. The van der Waals surface area contributed by atoms with Gasteiger partial charge in [0, 0.05) is 5.75 Å². The van der Waals surface area contributed by atoms with E-state index in [2.05, 4.69) is 10.2 Å². The third-order valence-corrected chi connectivity index (χ3v) is 5.18. The fourth-order valence-electron chi connectivity index (χ4n) is 2.32. The number of hydrogen-bond donors (Lipinski definition) is 0. The van der Waals surface area contributed by atoms with E-state index >= 15 is 0 Å². The molecule has 0 saturated heterocycles. The second-order valence-corrected chi connectivity index (χ2v) is 7.05. The molecule has 0 fully saturated rings. The number of benzene rings is 2. The predicted octanol–water partition coefficient (Wildman–Crippen LogP) is 5.18. The lowest BCUT2D eigenvalue weighted by Crippen LogP contribution is -2.21. The van der Waals surface area contributed by atoms with Crippen molar-refractivity contribution in [1.29, 1.82) is 0 Å². The number of fused-ring (bicyclic) bond motifs is 1. The van der Waals surface area contributed by atoms with E-state index in [1.165, 1.54) is 11.8 Å². The molecule has 0 unspecified atom stereocenters. The van der Waals surface area contributed by atoms with Gasteiger partial charge in [0.2, 0.25) is 6.10 Å². The molecule has 0 saturated carbocycles. The molecule has 5 nitrogen and oxygen atoms in total. The first kappa shape index (κ1) is 16.6. The predicted molar refractivity (Wildman–Crippen MR) is 95.6 cm³/mol. The van der Waals surface area contributed by atoms with Gasteiger partial charge in [0.1, 0.15) is 6.61 Å². The van der Waals surface area contributed by atoms with E-state index in [0.29, 0.717) is 45.0 Å². The lowest BCUT2D eigenvalue weighted by Gasteiger charge is -2.23. The van der Waals surface area contributed by atoms with Gasteiger partial charge in [-0.1, -0.05) is 53.2 Å². The minimum absolute atomic E-state index is 0.329. The summed E-state index contributed by atoms with van der Waals surface area (Å²) in [4.78, 5) is 0. The maximum atomic E-state index is 6.02. The largest absolute Gasteiger partial charge is 0.485 e. The summed E-state index contributed by atoms with van der Waals surface area (Å²) in [5.74, 6) is 2.42. The minimum Gasteiger partial charge on any atom is -0.485 e. The Morgan fingerprint density at radius 2 is 1.88 bits per heavy atom. The lowest BCUT2D eigenvalue weighted by molar-refractivity contribution is 0.0686. The normalized spacial score (nSPS) is 16.0. The summed E-state index contributed by atoms with van der Waals surface area (Å²) in [6.45, 7) is 0.329. The van der Waals surface area contributed by atoms with Crippen LogP contribution in [0.5, 0.6) is 11.5 Å². The average Bonchev–Trinajstić information content (AvgIpc) is 3.11. The zero-order valence-electron chi connectivity index (χ0n) is 12.8. The standard InChI is InChI=1S/C17H12Cl2N2O3S/c18-11-6-5-10(7-12(11)19)9-25-17-21-20-16(24-17)15-8-22-13-3-1-2-4-14(13)23-15/h1-7,15H,8-9H2/t15-/m0/s1. The second kappa shape index (κ2) is 7.15. The van der Waals surface area contributed by atoms with Crippen molar-refractivity contribution in [2.24, 2.45) is 0 Å². The van der Waals surface area contributed by atoms with Crippen LogP contribution in [0.2, 0.25) is 10.0 Å². The van der Waals surface area contributed by atoms with Crippen molar-refractivity contribution in [1.82, 2.24) is 10.2 Å². The number of rotatable bonds is 4. The van der Waals surface area contributed by atoms with Crippen LogP contribution in [-0.2, 0) is 5.75 Å². The maximum absolute atomic E-state index is 6.02. The van der Waals surface area contributed by atoms with Gasteiger partial charge < -0.3 is 13.9 Å². The molecule has 1 aromatic heterocycles. The highest BCUT2D eigenvalue weighted by molar-refractivity contribution is 7.98. The molecule has 1 aliphatic rings. The second-order valence-electron chi connectivity index (χ2n) is 5.31. The molecule has 128 valence electrons. The summed E-state index contributed by atoms with van der Waals surface area (Å²) >= 11 is 13.4. The molecule has 1 atom stereocenters. The van der Waals surface area contributed by atoms with E-state index in [1.54, 1.807) is 6.07 Å². The zero-order chi connectivity index (χ0) is 17.2. The highest BCUT2D eigenvalue weighted by Gasteiger charge is 2.27. The quantitative estimate of drug-likeness (QED) is 0.568. The molecule has 0 N–H and O–H groups in total. The van der Waals surface area contributed by atoms with E-state index in [1.807, 2.05) is 36.4 Å². The highest BCUT2D eigenvalue weighted by atomic mass is 35.5. The molecule has 0 amide bonds. The van der Waals surface area contributed by atoms with Crippen molar-refractivity contribution < 1.29 is 13.9 Å². The SMILES string of the molecule is Clc1ccc(CSc2nnc([C@@H]3COc4ccccc4O3)o2)cc1Cl. The van der Waals surface area contributed by atoms with E-state index in [4.69, 9.17) is 37.1 Å². The third kappa shape index (κ3) is 3.71. The first-order valence-corrected chi connectivity index (χ1v) is 9.22. The van der Waals surface area contributed by atoms with E-state index < -0.39 is 6.10 Å². The van der Waals surface area contributed by atoms with E-state index in [9.17, 15) is 0 Å². The Hall–Kier alpha value is -1.89. The van der Waals surface area contributed by atoms with Gasteiger partial charge in [-0.3, -0.25) is 0 Å². The molecule has 0 spiro atoms. The van der Waals surface area contributed by atoms with Gasteiger partial charge in [-0.25, -0.2) is 0 Å². The molecule has 2 aromatic carbocycles. The highest BCUT2D eigenvalue weighted by Crippen LogP contribution is 2.36. The van der Waals surface area contributed by atoms with Crippen LogP contribution in [0, 0.1) is 0 Å². The maximum Gasteiger partial charge on any atom is 0.277 e. The van der Waals surface area contributed by atoms with Crippen LogP contribution in [0.3, 0.4) is 0 Å². The summed E-state index contributed by atoms with van der Waals surface area (Å²) in [7, 11) is 0. The number of para-hydroxylation sites is 2. The smallest absolute Gasteiger partial charge is 0.277 e. The minimum atomic E-state index is -0.415. The van der Waals surface area contributed by atoms with Gasteiger partial charge in [0.05, 0.1) is 10.0 Å². The molecule has 2 heterocycles. The van der Waals surface area contributed by atoms with Crippen LogP contribution in [0.4, 0.5) is 0 Å². The van der Waals surface area contributed by atoms with Crippen molar-refractivity contribution in [2.45, 2.75) is 17.1 Å². The molecule has 4 rings (SSSR count). The van der Waals surface area contributed by atoms with E-state index in [-0.39, 0.29) is 0 Å². The van der Waals surface area contributed by atoms with Crippen LogP contribution in [0.15, 0.2) is 52.1 Å². The molecule has 3 aromatic rings. The fourth-order valence-corrected chi connectivity index (χ4v) is 3.36. The third-order valence-electron chi connectivity index (χ3n) is 3.55. The number of nitrogens with zero attached hydrogens (tertiary/aromatic N) is 2. The van der Waals surface area contributed by atoms with Crippen molar-refractivity contribution in [2.75, 3.05) is 6.61 Å². The summed E-state index contributed by atoms with van der Waals surface area (Å²) < 4.78 is 17.2. The zero-order valence-corrected chi connectivity index (χ0v) is 15.1. The van der Waals surface area contributed by atoms with Gasteiger partial charge in [0.15, 0.2) is 11.5 Å². The fraction of sp³-hybridized carbons (Fsp3) is 0.176. The van der Waals surface area contributed by atoms with Crippen molar-refractivity contribution in [3.63, 3.8) is 0 Å². The average molecular weight is 395 g/mol. The summed E-state index contributed by atoms with van der Waals surface area (Å²) in [6.07, 6.45) is -0.415. The van der Waals surface area contributed by atoms with Crippen molar-refractivity contribution in [3.05, 3.63) is 64.0 Å². The lowest BCUT2D eigenvalue weighted by atomic mass is 10.2. The Balaban J connectivity index is 1.41. The molecule has 0 aliphatic carbocycles. The Kier molecular flexibility index (Phi) is 4.74. The number of hydrogen-bond acceptors (Lipinski definition) is 6. The van der Waals surface area contributed by atoms with Crippen LogP contribution in [-0.4, -0.2) is 16.8 Å². The summed E-state index contributed by atoms with van der Waals surface area (Å²) in [5, 5.41) is 9.64. The van der Waals surface area contributed by atoms with Crippen LogP contribution in [0.1, 0.15) is 17.6 Å². The van der Waals surface area contributed by atoms with Gasteiger partial charge >= 0.3 is 0 Å². The molecule has 8 heteroatoms. The Morgan fingerprint density at radius 1 is 1.04 bits per heavy atom. The molecular formula is C17H12Cl2N2O3S. The molecule has 1 aliphatic heterocycles. The Morgan fingerprint density at radius 3 is 2.72 bits per heavy atom. The van der Waals surface area contributed by atoms with Gasteiger partial charge in [-0.05, 0) is 29.8 Å². The van der Waals surface area contributed by atoms with Crippen LogP contribution < -0.4 is 9.47 Å². The topological polar surface area (TPSA) is 57.4 Å². The first-order valence-electron chi connectivity index (χ1n) is 7.47. The molecule has 25 heavy (non-hydrogen) atoms. The van der Waals surface area contributed by atoms with Gasteiger partial charge in [-0.2, -0.15) is 0 Å². The van der Waals surface area contributed by atoms with Crippen LogP contribution in [0.25, 0.3) is 0 Å². The van der Waals surface area contributed by atoms with Gasteiger partial charge in [-0.15, -0.1) is 10.2 Å². The Labute approximate surface area is 158 Å². The van der Waals surface area contributed by atoms with Crippen molar-refractivity contribution in [3.8, 4) is 11.5 Å². The van der Waals surface area contributed by atoms with Crippen molar-refractivity contribution >= 4 is 35.0 Å². The molecule has 0 radical (unpaired) electrons. The number of thioether (sulfide) groups is 1. The Bertz CT molecular complexity index is 903. The number of ether oxygens (including phenoxy) is 2. The van der Waals surface area contributed by atoms with Crippen LogP contribution >= 0.6 is 35.0 Å². The van der Waals surface area contributed by atoms with Gasteiger partial charge in [0.25, 0.3) is 11.1 Å².